The Balaban J connectivity index is 2.40. The lowest BCUT2D eigenvalue weighted by Crippen LogP contribution is -2.27. The largest absolute Gasteiger partial charge is 0.172 e. The van der Waals surface area contributed by atoms with Crippen LogP contribution in [0.2, 0.25) is 0 Å². The van der Waals surface area contributed by atoms with Gasteiger partial charge in [-0.25, -0.2) is 0 Å². The molecule has 0 aromatic heterocycles. The second-order valence-electron chi connectivity index (χ2n) is 4.95. The van der Waals surface area contributed by atoms with Crippen molar-refractivity contribution in [3.63, 3.8) is 0 Å². The van der Waals surface area contributed by atoms with E-state index in [0.717, 1.165) is 9.84 Å². The lowest BCUT2D eigenvalue weighted by atomic mass is 9.94. The van der Waals surface area contributed by atoms with Crippen LogP contribution in [0.1, 0.15) is 58.8 Å². The number of unbranched alkanes of at least 4 members (excludes halogenated alkanes) is 1. The van der Waals surface area contributed by atoms with Gasteiger partial charge in [-0.1, -0.05) is 48.8 Å². The van der Waals surface area contributed by atoms with E-state index >= 15 is 0 Å². The number of halogens is 1. The minimum Gasteiger partial charge on any atom is -0.172 e. The number of hydrogen-bond acceptors (Lipinski definition) is 1. The maximum atomic E-state index is 4.81. The van der Waals surface area contributed by atoms with Crippen molar-refractivity contribution >= 4 is 35.2 Å². The first-order chi connectivity index (χ1) is 6.56. The standard InChI is InChI=1S/C12H23IS/c1-3-4-5-10-6-7-11(13)12(2,14)9-8-10/h10-11,14H,3-9H2,1-2H3. The first kappa shape index (κ1) is 13.1. The van der Waals surface area contributed by atoms with Gasteiger partial charge in [-0.3, -0.25) is 0 Å². The second kappa shape index (κ2) is 5.97. The van der Waals surface area contributed by atoms with Gasteiger partial charge in [0.05, 0.1) is 0 Å². The van der Waals surface area contributed by atoms with Gasteiger partial charge in [0, 0.05) is 8.67 Å². The van der Waals surface area contributed by atoms with Crippen LogP contribution in [-0.4, -0.2) is 8.67 Å². The van der Waals surface area contributed by atoms with Crippen molar-refractivity contribution < 1.29 is 0 Å². The molecule has 2 heteroatoms. The van der Waals surface area contributed by atoms with Crippen molar-refractivity contribution in [2.75, 3.05) is 0 Å². The summed E-state index contributed by atoms with van der Waals surface area (Å²) in [6, 6.07) is 0. The Morgan fingerprint density at radius 3 is 2.71 bits per heavy atom. The number of alkyl halides is 1. The maximum Gasteiger partial charge on any atom is 0.0252 e. The summed E-state index contributed by atoms with van der Waals surface area (Å²) in [4.78, 5) is 0. The topological polar surface area (TPSA) is 0 Å². The van der Waals surface area contributed by atoms with Crippen LogP contribution in [0.3, 0.4) is 0 Å². The number of hydrogen-bond donors (Lipinski definition) is 1. The Kier molecular flexibility index (Phi) is 5.61. The third-order valence-corrected chi connectivity index (χ3v) is 6.55. The van der Waals surface area contributed by atoms with Gasteiger partial charge in [0.1, 0.15) is 0 Å². The molecule has 84 valence electrons. The average molecular weight is 326 g/mol. The quantitative estimate of drug-likeness (QED) is 0.326. The molecule has 0 radical (unpaired) electrons. The molecular weight excluding hydrogens is 303 g/mol. The van der Waals surface area contributed by atoms with E-state index in [1.165, 1.54) is 44.9 Å². The molecule has 1 aliphatic carbocycles. The fourth-order valence-corrected chi connectivity index (χ4v) is 3.20. The highest BCUT2D eigenvalue weighted by molar-refractivity contribution is 14.1. The molecule has 0 aliphatic heterocycles. The molecule has 1 saturated carbocycles. The van der Waals surface area contributed by atoms with E-state index in [1.54, 1.807) is 0 Å². The molecule has 1 rings (SSSR count). The van der Waals surface area contributed by atoms with Gasteiger partial charge in [-0.2, -0.15) is 12.6 Å². The molecule has 0 nitrogen and oxygen atoms in total. The normalized spacial score (nSPS) is 39.4. The molecule has 0 aromatic rings. The lowest BCUT2D eigenvalue weighted by Gasteiger charge is -2.26. The lowest BCUT2D eigenvalue weighted by molar-refractivity contribution is 0.410. The van der Waals surface area contributed by atoms with Gasteiger partial charge in [0.2, 0.25) is 0 Å². The molecule has 14 heavy (non-hydrogen) atoms. The van der Waals surface area contributed by atoms with Crippen LogP contribution in [-0.2, 0) is 0 Å². The summed E-state index contributed by atoms with van der Waals surface area (Å²) in [5, 5.41) is 0. The second-order valence-corrected chi connectivity index (χ2v) is 7.47. The monoisotopic (exact) mass is 326 g/mol. The summed E-state index contributed by atoms with van der Waals surface area (Å²) >= 11 is 7.40. The van der Waals surface area contributed by atoms with Crippen LogP contribution in [0.4, 0.5) is 0 Å². The zero-order valence-corrected chi connectivity index (χ0v) is 12.5. The van der Waals surface area contributed by atoms with Gasteiger partial charge < -0.3 is 0 Å². The van der Waals surface area contributed by atoms with E-state index < -0.39 is 0 Å². The average Bonchev–Trinajstić information content (AvgIpc) is 2.26. The summed E-state index contributed by atoms with van der Waals surface area (Å²) in [7, 11) is 0. The van der Waals surface area contributed by atoms with Crippen molar-refractivity contribution in [3.05, 3.63) is 0 Å². The molecule has 0 heterocycles. The zero-order chi connectivity index (χ0) is 10.6. The molecule has 0 bridgehead atoms. The van der Waals surface area contributed by atoms with Crippen LogP contribution < -0.4 is 0 Å². The molecule has 0 spiro atoms. The molecular formula is C12H23IS. The fraction of sp³-hybridized carbons (Fsp3) is 1.00. The highest BCUT2D eigenvalue weighted by Crippen LogP contribution is 2.40. The van der Waals surface area contributed by atoms with E-state index in [0.29, 0.717) is 0 Å². The molecule has 3 atom stereocenters. The van der Waals surface area contributed by atoms with Gasteiger partial charge in [-0.15, -0.1) is 0 Å². The Hall–Kier alpha value is 1.08. The van der Waals surface area contributed by atoms with E-state index in [2.05, 4.69) is 36.4 Å². The number of thiol groups is 1. The van der Waals surface area contributed by atoms with Crippen molar-refractivity contribution in [1.82, 2.24) is 0 Å². The highest BCUT2D eigenvalue weighted by atomic mass is 127. The van der Waals surface area contributed by atoms with E-state index in [4.69, 9.17) is 12.6 Å². The van der Waals surface area contributed by atoms with Gasteiger partial charge in [-0.05, 0) is 38.5 Å². The molecule has 1 aliphatic rings. The van der Waals surface area contributed by atoms with Crippen molar-refractivity contribution in [2.24, 2.45) is 5.92 Å². The highest BCUT2D eigenvalue weighted by Gasteiger charge is 2.32. The zero-order valence-electron chi connectivity index (χ0n) is 9.43. The van der Waals surface area contributed by atoms with Crippen LogP contribution in [0.5, 0.6) is 0 Å². The Labute approximate surface area is 108 Å². The Bertz CT molecular complexity index is 168. The first-order valence-corrected chi connectivity index (χ1v) is 7.62. The molecule has 3 unspecified atom stereocenters. The Morgan fingerprint density at radius 2 is 2.07 bits per heavy atom. The maximum absolute atomic E-state index is 4.81. The predicted octanol–water partition coefficient (Wildman–Crippen LogP) is 4.86. The molecule has 0 saturated heterocycles. The minimum atomic E-state index is 0.279. The van der Waals surface area contributed by atoms with Crippen LogP contribution in [0, 0.1) is 5.92 Å². The predicted molar refractivity (Wildman–Crippen MR) is 76.7 cm³/mol. The van der Waals surface area contributed by atoms with Crippen LogP contribution >= 0.6 is 35.2 Å². The molecule has 0 N–H and O–H groups in total. The summed E-state index contributed by atoms with van der Waals surface area (Å²) < 4.78 is 1.04. The van der Waals surface area contributed by atoms with Crippen LogP contribution in [0.15, 0.2) is 0 Å². The SMILES string of the molecule is CCCCC1CCC(I)C(C)(S)CC1. The van der Waals surface area contributed by atoms with Gasteiger partial charge in [0.15, 0.2) is 0 Å². The molecule has 1 fully saturated rings. The summed E-state index contributed by atoms with van der Waals surface area (Å²) in [5.41, 5.74) is 0. The first-order valence-electron chi connectivity index (χ1n) is 5.92. The summed E-state index contributed by atoms with van der Waals surface area (Å²) in [5.74, 6) is 0.987. The van der Waals surface area contributed by atoms with Gasteiger partial charge in [0.25, 0.3) is 0 Å². The number of rotatable bonds is 3. The fourth-order valence-electron chi connectivity index (χ4n) is 2.27. The van der Waals surface area contributed by atoms with Gasteiger partial charge >= 0.3 is 0 Å². The van der Waals surface area contributed by atoms with E-state index in [9.17, 15) is 0 Å². The van der Waals surface area contributed by atoms with Crippen LogP contribution in [0.25, 0.3) is 0 Å². The molecule has 0 aromatic carbocycles. The van der Waals surface area contributed by atoms with Crippen molar-refractivity contribution in [2.45, 2.75) is 67.5 Å². The minimum absolute atomic E-state index is 0.279. The Morgan fingerprint density at radius 1 is 1.36 bits per heavy atom. The van der Waals surface area contributed by atoms with E-state index in [1.807, 2.05) is 0 Å². The third-order valence-electron chi connectivity index (χ3n) is 3.53. The molecule has 0 amide bonds. The third kappa shape index (κ3) is 3.92. The summed E-state index contributed by atoms with van der Waals surface area (Å²) in [6.45, 7) is 4.61. The summed E-state index contributed by atoms with van der Waals surface area (Å²) in [6.07, 6.45) is 9.72. The van der Waals surface area contributed by atoms with E-state index in [-0.39, 0.29) is 4.75 Å². The smallest absolute Gasteiger partial charge is 0.0252 e. The van der Waals surface area contributed by atoms with Crippen molar-refractivity contribution in [1.29, 1.82) is 0 Å². The van der Waals surface area contributed by atoms with Crippen molar-refractivity contribution in [3.8, 4) is 0 Å².